The molecule has 0 aromatic rings. The van der Waals surface area contributed by atoms with Crippen molar-refractivity contribution in [1.82, 2.24) is 5.32 Å². The van der Waals surface area contributed by atoms with Crippen molar-refractivity contribution < 1.29 is 4.79 Å². The molecule has 1 atom stereocenters. The summed E-state index contributed by atoms with van der Waals surface area (Å²) in [5.74, 6) is 4.03. The number of carbonyl (C=O) groups is 1. The summed E-state index contributed by atoms with van der Waals surface area (Å²) >= 11 is 0. The highest BCUT2D eigenvalue weighted by molar-refractivity contribution is 5.78. The fourth-order valence-corrected chi connectivity index (χ4v) is 5.72. The van der Waals surface area contributed by atoms with Crippen molar-refractivity contribution >= 4 is 5.91 Å². The SMILES string of the molecule is O=C1CC(C23CC4CC(CC(C4)C2)C3)CN1. The van der Waals surface area contributed by atoms with Gasteiger partial charge in [-0.05, 0) is 67.6 Å². The van der Waals surface area contributed by atoms with Crippen LogP contribution < -0.4 is 5.32 Å². The van der Waals surface area contributed by atoms with Gasteiger partial charge in [-0.15, -0.1) is 0 Å². The summed E-state index contributed by atoms with van der Waals surface area (Å²) in [6.45, 7) is 0.977. The van der Waals surface area contributed by atoms with Crippen LogP contribution in [0.5, 0.6) is 0 Å². The van der Waals surface area contributed by atoms with Crippen LogP contribution in [0.4, 0.5) is 0 Å². The van der Waals surface area contributed by atoms with E-state index in [0.29, 0.717) is 17.2 Å². The van der Waals surface area contributed by atoms with Gasteiger partial charge in [0.1, 0.15) is 0 Å². The van der Waals surface area contributed by atoms with Gasteiger partial charge in [-0.3, -0.25) is 4.79 Å². The minimum atomic E-state index is 0.306. The molecule has 5 rings (SSSR count). The molecule has 16 heavy (non-hydrogen) atoms. The van der Waals surface area contributed by atoms with E-state index in [1.165, 1.54) is 38.5 Å². The molecule has 1 unspecified atom stereocenters. The predicted octanol–water partition coefficient (Wildman–Crippen LogP) is 2.34. The zero-order valence-corrected chi connectivity index (χ0v) is 9.87. The van der Waals surface area contributed by atoms with Crippen LogP contribution >= 0.6 is 0 Å². The summed E-state index contributed by atoms with van der Waals surface area (Å²) < 4.78 is 0. The van der Waals surface area contributed by atoms with Gasteiger partial charge in [-0.1, -0.05) is 0 Å². The molecule has 5 aliphatic rings. The predicted molar refractivity (Wildman–Crippen MR) is 61.7 cm³/mol. The minimum absolute atomic E-state index is 0.306. The number of amides is 1. The van der Waals surface area contributed by atoms with Crippen LogP contribution in [0.3, 0.4) is 0 Å². The Labute approximate surface area is 97.2 Å². The van der Waals surface area contributed by atoms with E-state index in [-0.39, 0.29) is 0 Å². The molecule has 0 aromatic carbocycles. The van der Waals surface area contributed by atoms with Crippen LogP contribution in [-0.2, 0) is 4.79 Å². The Morgan fingerprint density at radius 2 is 1.56 bits per heavy atom. The molecule has 1 amide bonds. The molecule has 1 N–H and O–H groups in total. The van der Waals surface area contributed by atoms with E-state index in [2.05, 4.69) is 5.32 Å². The average Bonchev–Trinajstić information content (AvgIpc) is 2.63. The van der Waals surface area contributed by atoms with E-state index >= 15 is 0 Å². The third kappa shape index (κ3) is 1.22. The van der Waals surface area contributed by atoms with Gasteiger partial charge in [-0.2, -0.15) is 0 Å². The van der Waals surface area contributed by atoms with Gasteiger partial charge in [0.25, 0.3) is 0 Å². The number of nitrogens with one attached hydrogen (secondary N) is 1. The summed E-state index contributed by atoms with van der Waals surface area (Å²) in [5.41, 5.74) is 0.577. The molecule has 1 heterocycles. The number of hydrogen-bond donors (Lipinski definition) is 1. The Morgan fingerprint density at radius 1 is 1.00 bits per heavy atom. The van der Waals surface area contributed by atoms with E-state index < -0.39 is 0 Å². The number of hydrogen-bond acceptors (Lipinski definition) is 1. The summed E-state index contributed by atoms with van der Waals surface area (Å²) in [6, 6.07) is 0. The fraction of sp³-hybridized carbons (Fsp3) is 0.929. The second-order valence-corrected chi connectivity index (χ2v) is 6.99. The summed E-state index contributed by atoms with van der Waals surface area (Å²) in [6.07, 6.45) is 9.68. The third-order valence-corrected chi connectivity index (χ3v) is 5.93. The van der Waals surface area contributed by atoms with Gasteiger partial charge in [0.2, 0.25) is 5.91 Å². The fourth-order valence-electron chi connectivity index (χ4n) is 5.72. The van der Waals surface area contributed by atoms with Gasteiger partial charge < -0.3 is 5.32 Å². The van der Waals surface area contributed by atoms with Gasteiger partial charge >= 0.3 is 0 Å². The maximum absolute atomic E-state index is 11.4. The Bertz CT molecular complexity index is 300. The zero-order valence-electron chi connectivity index (χ0n) is 9.87. The number of rotatable bonds is 1. The summed E-state index contributed by atoms with van der Waals surface area (Å²) in [4.78, 5) is 11.4. The van der Waals surface area contributed by atoms with E-state index in [4.69, 9.17) is 0 Å². The number of carbonyl (C=O) groups excluding carboxylic acids is 1. The highest BCUT2D eigenvalue weighted by atomic mass is 16.1. The van der Waals surface area contributed by atoms with Crippen molar-refractivity contribution in [2.24, 2.45) is 29.1 Å². The van der Waals surface area contributed by atoms with Crippen LogP contribution in [0.1, 0.15) is 44.9 Å². The lowest BCUT2D eigenvalue weighted by molar-refractivity contribution is -0.121. The highest BCUT2D eigenvalue weighted by Gasteiger charge is 2.55. The van der Waals surface area contributed by atoms with Crippen molar-refractivity contribution in [1.29, 1.82) is 0 Å². The van der Waals surface area contributed by atoms with Gasteiger partial charge in [-0.25, -0.2) is 0 Å². The second-order valence-electron chi connectivity index (χ2n) is 6.99. The van der Waals surface area contributed by atoms with E-state index in [9.17, 15) is 4.79 Å². The lowest BCUT2D eigenvalue weighted by Crippen LogP contribution is -2.50. The van der Waals surface area contributed by atoms with Gasteiger partial charge in [0.05, 0.1) is 0 Å². The monoisotopic (exact) mass is 219 g/mol. The van der Waals surface area contributed by atoms with Crippen LogP contribution in [0.15, 0.2) is 0 Å². The molecule has 0 aromatic heterocycles. The molecule has 0 radical (unpaired) electrons. The standard InChI is InChI=1S/C14H21NO/c16-13-4-12(8-15-13)14-5-9-1-10(6-14)3-11(2-9)7-14/h9-12H,1-8H2,(H,15,16). The van der Waals surface area contributed by atoms with Crippen molar-refractivity contribution in [2.45, 2.75) is 44.9 Å². The van der Waals surface area contributed by atoms with Crippen LogP contribution in [0.25, 0.3) is 0 Å². The van der Waals surface area contributed by atoms with Gasteiger partial charge in [0.15, 0.2) is 0 Å². The Hall–Kier alpha value is -0.530. The first-order valence-electron chi connectivity index (χ1n) is 7.00. The van der Waals surface area contributed by atoms with Crippen molar-refractivity contribution in [3.63, 3.8) is 0 Å². The zero-order chi connectivity index (χ0) is 10.8. The van der Waals surface area contributed by atoms with Crippen LogP contribution in [0, 0.1) is 29.1 Å². The topological polar surface area (TPSA) is 29.1 Å². The molecule has 2 heteroatoms. The second kappa shape index (κ2) is 3.02. The summed E-state index contributed by atoms with van der Waals surface area (Å²) in [5, 5.41) is 3.06. The molecule has 5 fully saturated rings. The molecule has 4 aliphatic carbocycles. The van der Waals surface area contributed by atoms with Crippen molar-refractivity contribution in [2.75, 3.05) is 6.54 Å². The Balaban J connectivity index is 1.64. The smallest absolute Gasteiger partial charge is 0.220 e. The van der Waals surface area contributed by atoms with Crippen molar-refractivity contribution in [3.05, 3.63) is 0 Å². The van der Waals surface area contributed by atoms with E-state index in [1.54, 1.807) is 0 Å². The largest absolute Gasteiger partial charge is 0.356 e. The third-order valence-electron chi connectivity index (χ3n) is 5.93. The molecule has 1 aliphatic heterocycles. The Kier molecular flexibility index (Phi) is 1.79. The Morgan fingerprint density at radius 3 is 2.00 bits per heavy atom. The first kappa shape index (κ1) is 9.49. The first-order valence-corrected chi connectivity index (χ1v) is 7.00. The van der Waals surface area contributed by atoms with E-state index in [1.807, 2.05) is 0 Å². The van der Waals surface area contributed by atoms with Crippen LogP contribution in [0.2, 0.25) is 0 Å². The maximum atomic E-state index is 11.4. The average molecular weight is 219 g/mol. The van der Waals surface area contributed by atoms with Crippen LogP contribution in [-0.4, -0.2) is 12.5 Å². The molecule has 4 bridgehead atoms. The first-order chi connectivity index (χ1) is 7.73. The molecule has 1 saturated heterocycles. The maximum Gasteiger partial charge on any atom is 0.220 e. The summed E-state index contributed by atoms with van der Waals surface area (Å²) in [7, 11) is 0. The molecule has 2 nitrogen and oxygen atoms in total. The lowest BCUT2D eigenvalue weighted by atomic mass is 9.46. The highest BCUT2D eigenvalue weighted by Crippen LogP contribution is 2.63. The quantitative estimate of drug-likeness (QED) is 0.720. The van der Waals surface area contributed by atoms with Gasteiger partial charge in [0, 0.05) is 13.0 Å². The normalized spacial score (nSPS) is 54.4. The minimum Gasteiger partial charge on any atom is -0.356 e. The molecule has 88 valence electrons. The lowest BCUT2D eigenvalue weighted by Gasteiger charge is -2.59. The van der Waals surface area contributed by atoms with Crippen molar-refractivity contribution in [3.8, 4) is 0 Å². The molecular formula is C14H21NO. The molecule has 0 spiro atoms. The molecule has 4 saturated carbocycles. The van der Waals surface area contributed by atoms with E-state index in [0.717, 1.165) is 30.7 Å². The molecular weight excluding hydrogens is 198 g/mol.